The van der Waals surface area contributed by atoms with Gasteiger partial charge in [0.15, 0.2) is 0 Å². The Bertz CT molecular complexity index is 776. The van der Waals surface area contributed by atoms with Crippen LogP contribution in [-0.2, 0) is 15.8 Å². The molecule has 1 saturated heterocycles. The summed E-state index contributed by atoms with van der Waals surface area (Å²) in [5, 5.41) is 1.24. The summed E-state index contributed by atoms with van der Waals surface area (Å²) < 4.78 is 75.2. The van der Waals surface area contributed by atoms with Gasteiger partial charge in [-0.25, -0.2) is 0 Å². The zero-order chi connectivity index (χ0) is 21.1. The number of carbonyl (C=O) groups excluding carboxylic acids is 2. The second kappa shape index (κ2) is 8.42. The summed E-state index contributed by atoms with van der Waals surface area (Å²) in [5.41, 5.74) is -1.00. The van der Waals surface area contributed by atoms with Crippen molar-refractivity contribution in [2.45, 2.75) is 31.2 Å². The van der Waals surface area contributed by atoms with E-state index in [9.17, 15) is 35.9 Å². The van der Waals surface area contributed by atoms with Gasteiger partial charge in [-0.3, -0.25) is 9.59 Å². The van der Waals surface area contributed by atoms with E-state index >= 15 is 0 Å². The summed E-state index contributed by atoms with van der Waals surface area (Å²) in [5.74, 6) is -1.62. The van der Waals surface area contributed by atoms with Gasteiger partial charge in [0.2, 0.25) is 11.8 Å². The molecule has 154 valence electrons. The van der Waals surface area contributed by atoms with Crippen LogP contribution in [0.1, 0.15) is 24.0 Å². The highest BCUT2D eigenvalue weighted by molar-refractivity contribution is 6.31. The minimum absolute atomic E-state index is 0.0577. The fourth-order valence-electron chi connectivity index (χ4n) is 2.74. The molecule has 28 heavy (non-hydrogen) atoms. The number of likely N-dealkylation sites (tertiary alicyclic amines) is 1. The third-order valence-electron chi connectivity index (χ3n) is 4.02. The number of halogens is 7. The predicted molar refractivity (Wildman–Crippen MR) is 89.3 cm³/mol. The van der Waals surface area contributed by atoms with E-state index in [0.717, 1.165) is 29.2 Å². The summed E-state index contributed by atoms with van der Waals surface area (Å²) in [6.45, 7) is -1.35. The molecule has 11 heteroatoms. The van der Waals surface area contributed by atoms with Crippen molar-refractivity contribution in [2.24, 2.45) is 0 Å². The Kier molecular flexibility index (Phi) is 6.63. The van der Waals surface area contributed by atoms with Gasteiger partial charge in [-0.1, -0.05) is 17.7 Å². The molecular formula is C17H15ClF6N2O2. The van der Waals surface area contributed by atoms with Crippen LogP contribution >= 0.6 is 11.6 Å². The maximum Gasteiger partial charge on any atom is 0.417 e. The van der Waals surface area contributed by atoms with Crippen molar-refractivity contribution >= 4 is 29.5 Å². The number of carbonyl (C=O) groups is 2. The second-order valence-corrected chi connectivity index (χ2v) is 6.50. The van der Waals surface area contributed by atoms with E-state index in [-0.39, 0.29) is 18.5 Å². The molecule has 1 N–H and O–H groups in total. The molecule has 2 rings (SSSR count). The Labute approximate surface area is 161 Å². The molecule has 1 atom stereocenters. The topological polar surface area (TPSA) is 49.4 Å². The third-order valence-corrected chi connectivity index (χ3v) is 4.35. The second-order valence-electron chi connectivity index (χ2n) is 6.09. The van der Waals surface area contributed by atoms with Crippen LogP contribution in [0.2, 0.25) is 5.02 Å². The Balaban J connectivity index is 2.08. The maximum atomic E-state index is 12.9. The largest absolute Gasteiger partial charge is 0.417 e. The van der Waals surface area contributed by atoms with Gasteiger partial charge in [0.05, 0.1) is 10.6 Å². The van der Waals surface area contributed by atoms with E-state index in [0.29, 0.717) is 6.42 Å². The predicted octanol–water partition coefficient (Wildman–Crippen LogP) is 4.04. The van der Waals surface area contributed by atoms with Crippen molar-refractivity contribution < 1.29 is 35.9 Å². The molecule has 0 aliphatic carbocycles. The van der Waals surface area contributed by atoms with E-state index in [4.69, 9.17) is 11.6 Å². The third kappa shape index (κ3) is 5.88. The monoisotopic (exact) mass is 428 g/mol. The smallest absolute Gasteiger partial charge is 0.345 e. The molecule has 1 aliphatic heterocycles. The summed E-state index contributed by atoms with van der Waals surface area (Å²) in [6.07, 6.45) is -6.53. The van der Waals surface area contributed by atoms with Crippen LogP contribution in [0.15, 0.2) is 24.3 Å². The van der Waals surface area contributed by atoms with E-state index in [2.05, 4.69) is 0 Å². The van der Waals surface area contributed by atoms with Gasteiger partial charge in [-0.05, 0) is 36.6 Å². The number of nitrogens with one attached hydrogen (secondary N) is 1. The quantitative estimate of drug-likeness (QED) is 0.581. The van der Waals surface area contributed by atoms with Gasteiger partial charge in [-0.15, -0.1) is 0 Å². The first-order chi connectivity index (χ1) is 12.9. The van der Waals surface area contributed by atoms with Crippen molar-refractivity contribution in [2.75, 3.05) is 13.1 Å². The number of benzene rings is 1. The number of nitrogens with zero attached hydrogens (tertiary/aromatic N) is 1. The van der Waals surface area contributed by atoms with Gasteiger partial charge >= 0.3 is 12.4 Å². The summed E-state index contributed by atoms with van der Waals surface area (Å²) >= 11 is 5.52. The zero-order valence-electron chi connectivity index (χ0n) is 14.2. The van der Waals surface area contributed by atoms with Crippen molar-refractivity contribution in [3.05, 3.63) is 40.4 Å². The van der Waals surface area contributed by atoms with E-state index in [1.807, 2.05) is 0 Å². The van der Waals surface area contributed by atoms with Gasteiger partial charge < -0.3 is 10.2 Å². The number of rotatable bonds is 4. The van der Waals surface area contributed by atoms with Crippen LogP contribution in [0.25, 0.3) is 6.08 Å². The average molecular weight is 429 g/mol. The average Bonchev–Trinajstić information content (AvgIpc) is 3.07. The minimum Gasteiger partial charge on any atom is -0.345 e. The number of amides is 2. The van der Waals surface area contributed by atoms with Crippen molar-refractivity contribution in [3.8, 4) is 0 Å². The first-order valence-electron chi connectivity index (χ1n) is 8.08. The molecule has 0 saturated carbocycles. The molecule has 1 aromatic rings. The SMILES string of the molecule is O=C(NCC(F)(F)F)C1CCCN1C(=O)C=Cc1ccc(Cl)c(C(F)(F)F)c1. The Morgan fingerprint density at radius 3 is 2.50 bits per heavy atom. The fraction of sp³-hybridized carbons (Fsp3) is 0.412. The van der Waals surface area contributed by atoms with Gasteiger partial charge in [0.25, 0.3) is 0 Å². The lowest BCUT2D eigenvalue weighted by atomic mass is 10.1. The molecule has 2 amide bonds. The molecule has 1 aromatic carbocycles. The Hall–Kier alpha value is -2.23. The standard InChI is InChI=1S/C17H15ClF6N2O2/c18-12-5-3-10(8-11(12)17(22,23)24)4-6-14(27)26-7-1-2-13(26)15(28)25-9-16(19,20)21/h3-6,8,13H,1-2,7,9H2,(H,25,28). The molecule has 1 unspecified atom stereocenters. The number of hydrogen-bond acceptors (Lipinski definition) is 2. The lowest BCUT2D eigenvalue weighted by Crippen LogP contribution is -2.47. The van der Waals surface area contributed by atoms with Gasteiger partial charge in [0, 0.05) is 12.6 Å². The molecule has 0 spiro atoms. The van der Waals surface area contributed by atoms with Crippen LogP contribution in [0, 0.1) is 0 Å². The first kappa shape index (κ1) is 22.1. The lowest BCUT2D eigenvalue weighted by molar-refractivity contribution is -0.143. The molecule has 1 heterocycles. The molecule has 0 aromatic heterocycles. The molecule has 4 nitrogen and oxygen atoms in total. The summed E-state index contributed by atoms with van der Waals surface area (Å²) in [7, 11) is 0. The maximum absolute atomic E-state index is 12.9. The zero-order valence-corrected chi connectivity index (χ0v) is 15.0. The normalized spacial score (nSPS) is 18.0. The highest BCUT2D eigenvalue weighted by Gasteiger charge is 2.36. The molecule has 0 bridgehead atoms. The van der Waals surface area contributed by atoms with Crippen LogP contribution < -0.4 is 5.32 Å². The molecular weight excluding hydrogens is 414 g/mol. The van der Waals surface area contributed by atoms with Crippen LogP contribution in [0.3, 0.4) is 0 Å². The van der Waals surface area contributed by atoms with E-state index in [1.165, 1.54) is 6.07 Å². The fourth-order valence-corrected chi connectivity index (χ4v) is 2.96. The molecule has 1 fully saturated rings. The van der Waals surface area contributed by atoms with Crippen molar-refractivity contribution in [1.29, 1.82) is 0 Å². The minimum atomic E-state index is -4.67. The summed E-state index contributed by atoms with van der Waals surface area (Å²) in [4.78, 5) is 25.3. The number of alkyl halides is 6. The van der Waals surface area contributed by atoms with E-state index < -0.39 is 47.3 Å². The summed E-state index contributed by atoms with van der Waals surface area (Å²) in [6, 6.07) is 2.02. The highest BCUT2D eigenvalue weighted by Crippen LogP contribution is 2.35. The Morgan fingerprint density at radius 1 is 1.21 bits per heavy atom. The molecule has 1 aliphatic rings. The Morgan fingerprint density at radius 2 is 1.89 bits per heavy atom. The van der Waals surface area contributed by atoms with E-state index in [1.54, 1.807) is 5.32 Å². The van der Waals surface area contributed by atoms with Gasteiger partial charge in [-0.2, -0.15) is 26.3 Å². The van der Waals surface area contributed by atoms with Crippen molar-refractivity contribution in [1.82, 2.24) is 10.2 Å². The first-order valence-corrected chi connectivity index (χ1v) is 8.46. The lowest BCUT2D eigenvalue weighted by Gasteiger charge is -2.23. The van der Waals surface area contributed by atoms with Crippen LogP contribution in [0.4, 0.5) is 26.3 Å². The van der Waals surface area contributed by atoms with Crippen LogP contribution in [0.5, 0.6) is 0 Å². The van der Waals surface area contributed by atoms with Crippen molar-refractivity contribution in [3.63, 3.8) is 0 Å². The molecule has 0 radical (unpaired) electrons. The highest BCUT2D eigenvalue weighted by atomic mass is 35.5. The van der Waals surface area contributed by atoms with Crippen LogP contribution in [-0.4, -0.2) is 42.0 Å². The van der Waals surface area contributed by atoms with Gasteiger partial charge in [0.1, 0.15) is 12.6 Å². The number of hydrogen-bond donors (Lipinski definition) is 1.